The minimum atomic E-state index is -1.88. The van der Waals surface area contributed by atoms with E-state index in [9.17, 15) is 39.9 Å². The Hall–Kier alpha value is -3.40. The van der Waals surface area contributed by atoms with Gasteiger partial charge in [-0.2, -0.15) is 0 Å². The van der Waals surface area contributed by atoms with Crippen LogP contribution in [0.5, 0.6) is 0 Å². The number of nitrogens with zero attached hydrogens (tertiary/aromatic N) is 1. The summed E-state index contributed by atoms with van der Waals surface area (Å²) in [6, 6.07) is 6.06. The van der Waals surface area contributed by atoms with Gasteiger partial charge in [-0.3, -0.25) is 14.4 Å². The molecule has 0 spiro atoms. The predicted molar refractivity (Wildman–Crippen MR) is 180 cm³/mol. The van der Waals surface area contributed by atoms with Gasteiger partial charge in [-0.25, -0.2) is 4.98 Å². The molecular formula is C35H54N6O8. The number of imidazole rings is 1. The number of aromatic nitrogens is 2. The third kappa shape index (κ3) is 11.6. The average molecular weight is 687 g/mol. The number of nitrogens with two attached hydrogens (primary N) is 1. The number of carbonyl (C=O) groups is 3. The van der Waals surface area contributed by atoms with Crippen molar-refractivity contribution in [1.82, 2.24) is 25.9 Å². The molecule has 1 aromatic carbocycles. The molecule has 2 fully saturated rings. The van der Waals surface area contributed by atoms with E-state index in [1.165, 1.54) is 12.5 Å². The van der Waals surface area contributed by atoms with Crippen LogP contribution in [-0.4, -0.2) is 108 Å². The largest absolute Gasteiger partial charge is 0.394 e. The van der Waals surface area contributed by atoms with Crippen LogP contribution in [0.3, 0.4) is 0 Å². The summed E-state index contributed by atoms with van der Waals surface area (Å²) in [5.41, 5.74) is 7.41. The van der Waals surface area contributed by atoms with Gasteiger partial charge in [0.2, 0.25) is 17.7 Å². The summed E-state index contributed by atoms with van der Waals surface area (Å²) in [5.74, 6) is -1.62. The van der Waals surface area contributed by atoms with E-state index >= 15 is 0 Å². The Labute approximate surface area is 287 Å². The highest BCUT2D eigenvalue weighted by Gasteiger charge is 2.38. The van der Waals surface area contributed by atoms with Crippen LogP contribution in [0.1, 0.15) is 75.5 Å². The zero-order valence-electron chi connectivity index (χ0n) is 28.0. The number of hydrogen-bond donors (Lipinski definition) is 10. The molecule has 0 aliphatic heterocycles. The van der Waals surface area contributed by atoms with E-state index in [1.54, 1.807) is 0 Å². The Balaban J connectivity index is 1.55. The zero-order chi connectivity index (χ0) is 35.3. The van der Waals surface area contributed by atoms with Gasteiger partial charge in [0.25, 0.3) is 0 Å². The van der Waals surface area contributed by atoms with Crippen LogP contribution in [0, 0.1) is 11.8 Å². The molecule has 14 heteroatoms. The lowest BCUT2D eigenvalue weighted by Gasteiger charge is -2.35. The van der Waals surface area contributed by atoms with Gasteiger partial charge >= 0.3 is 0 Å². The van der Waals surface area contributed by atoms with E-state index in [-0.39, 0.29) is 43.0 Å². The third-order valence-electron chi connectivity index (χ3n) is 10.0. The van der Waals surface area contributed by atoms with Crippen molar-refractivity contribution in [2.75, 3.05) is 6.61 Å². The molecule has 272 valence electrons. The fourth-order valence-electron chi connectivity index (χ4n) is 6.95. The predicted octanol–water partition coefficient (Wildman–Crippen LogP) is -0.427. The molecule has 4 rings (SSSR count). The normalized spacial score (nSPS) is 22.9. The van der Waals surface area contributed by atoms with Gasteiger partial charge in [-0.15, -0.1) is 0 Å². The highest BCUT2D eigenvalue weighted by Crippen LogP contribution is 2.29. The second-order valence-electron chi connectivity index (χ2n) is 13.8. The third-order valence-corrected chi connectivity index (χ3v) is 10.0. The summed E-state index contributed by atoms with van der Waals surface area (Å²) in [6.45, 7) is -0.835. The van der Waals surface area contributed by atoms with Crippen molar-refractivity contribution in [3.8, 4) is 0 Å². The van der Waals surface area contributed by atoms with E-state index < -0.39 is 61.0 Å². The average Bonchev–Trinajstić information content (AvgIpc) is 3.63. The molecule has 49 heavy (non-hydrogen) atoms. The monoisotopic (exact) mass is 686 g/mol. The summed E-state index contributed by atoms with van der Waals surface area (Å²) in [7, 11) is 0. The Morgan fingerprint density at radius 1 is 0.816 bits per heavy atom. The number of hydrogen-bond acceptors (Lipinski definition) is 10. The highest BCUT2D eigenvalue weighted by atomic mass is 16.4. The molecule has 0 unspecified atom stereocenters. The first-order valence-corrected chi connectivity index (χ1v) is 17.6. The number of amides is 3. The lowest BCUT2D eigenvalue weighted by molar-refractivity contribution is -0.136. The number of nitrogens with one attached hydrogen (secondary N) is 4. The van der Waals surface area contributed by atoms with Crippen LogP contribution in [-0.2, 0) is 27.2 Å². The molecule has 0 saturated heterocycles. The number of aliphatic hydroxyl groups excluding tert-OH is 5. The molecule has 2 aromatic rings. The van der Waals surface area contributed by atoms with Gasteiger partial charge < -0.3 is 52.2 Å². The minimum absolute atomic E-state index is 0.00470. The van der Waals surface area contributed by atoms with Gasteiger partial charge in [0, 0.05) is 36.7 Å². The first-order chi connectivity index (χ1) is 23.5. The smallest absolute Gasteiger partial charge is 0.243 e. The second kappa shape index (κ2) is 19.1. The summed E-state index contributed by atoms with van der Waals surface area (Å²) in [5, 5.41) is 60.1. The number of aliphatic hydroxyl groups is 5. The standard InChI is InChI=1S/C35H54N6O8/c36-24-13-11-23(12-14-24)33(47)40-27(16-22-9-5-2-6-10-22)34(48)41-28(17-25-18-37-20-38-25)35(49)39-26(15-21-7-3-1-4-8-21)30(44)32(46)31(45)29(43)19-42/h2,5-6,9-10,18,20-21,23-24,26-32,42-46H,1,3-4,7-8,11-17,19,36H2,(H,37,38)(H,39,49)(H,40,47)(H,41,48)/t23?,24?,26-,27-,28-,29+,30+,31+,32+/m0/s1. The summed E-state index contributed by atoms with van der Waals surface area (Å²) in [4.78, 5) is 48.3. The molecule has 2 saturated carbocycles. The van der Waals surface area contributed by atoms with Gasteiger partial charge in [-0.1, -0.05) is 62.4 Å². The lowest BCUT2D eigenvalue weighted by Crippen LogP contribution is -2.60. The summed E-state index contributed by atoms with van der Waals surface area (Å²) >= 11 is 0. The summed E-state index contributed by atoms with van der Waals surface area (Å²) < 4.78 is 0. The van der Waals surface area contributed by atoms with Crippen molar-refractivity contribution in [2.45, 2.75) is 126 Å². The maximum atomic E-state index is 14.0. The molecule has 3 amide bonds. The topological polar surface area (TPSA) is 243 Å². The van der Waals surface area contributed by atoms with Crippen LogP contribution in [0.15, 0.2) is 42.9 Å². The fourth-order valence-corrected chi connectivity index (χ4v) is 6.95. The first kappa shape index (κ1) is 38.4. The first-order valence-electron chi connectivity index (χ1n) is 17.6. The molecule has 2 aliphatic rings. The van der Waals surface area contributed by atoms with Crippen LogP contribution < -0.4 is 21.7 Å². The fraction of sp³-hybridized carbons (Fsp3) is 0.657. The quantitative estimate of drug-likeness (QED) is 0.103. The van der Waals surface area contributed by atoms with Gasteiger partial charge in [0.15, 0.2) is 0 Å². The van der Waals surface area contributed by atoms with E-state index in [0.29, 0.717) is 18.5 Å². The molecule has 1 heterocycles. The zero-order valence-corrected chi connectivity index (χ0v) is 28.0. The number of benzene rings is 1. The van der Waals surface area contributed by atoms with Crippen molar-refractivity contribution in [3.05, 3.63) is 54.1 Å². The van der Waals surface area contributed by atoms with E-state index in [4.69, 9.17) is 5.73 Å². The van der Waals surface area contributed by atoms with Crippen molar-refractivity contribution < 1.29 is 39.9 Å². The molecule has 11 N–H and O–H groups in total. The van der Waals surface area contributed by atoms with Crippen molar-refractivity contribution in [2.24, 2.45) is 17.6 Å². The van der Waals surface area contributed by atoms with Crippen LogP contribution in [0.2, 0.25) is 0 Å². The number of rotatable bonds is 17. The Morgan fingerprint density at radius 3 is 2.10 bits per heavy atom. The Morgan fingerprint density at radius 2 is 1.47 bits per heavy atom. The van der Waals surface area contributed by atoms with Crippen LogP contribution in [0.25, 0.3) is 0 Å². The number of H-pyrrole nitrogens is 1. The van der Waals surface area contributed by atoms with Crippen molar-refractivity contribution >= 4 is 17.7 Å². The maximum absolute atomic E-state index is 14.0. The molecule has 0 bridgehead atoms. The Kier molecular flexibility index (Phi) is 15.0. The summed E-state index contributed by atoms with van der Waals surface area (Å²) in [6.07, 6.45) is 3.75. The molecule has 1 aromatic heterocycles. The number of aromatic amines is 1. The molecule has 2 aliphatic carbocycles. The van der Waals surface area contributed by atoms with Crippen molar-refractivity contribution in [1.29, 1.82) is 0 Å². The van der Waals surface area contributed by atoms with Gasteiger partial charge in [0.1, 0.15) is 36.5 Å². The second-order valence-corrected chi connectivity index (χ2v) is 13.8. The van der Waals surface area contributed by atoms with E-state index in [1.807, 2.05) is 30.3 Å². The van der Waals surface area contributed by atoms with Crippen LogP contribution in [0.4, 0.5) is 0 Å². The van der Waals surface area contributed by atoms with Gasteiger partial charge in [0.05, 0.1) is 19.0 Å². The Bertz CT molecular complexity index is 1290. The highest BCUT2D eigenvalue weighted by molar-refractivity contribution is 5.93. The van der Waals surface area contributed by atoms with Gasteiger partial charge in [-0.05, 0) is 43.6 Å². The van der Waals surface area contributed by atoms with E-state index in [0.717, 1.165) is 50.5 Å². The molecule has 7 atom stereocenters. The number of carbonyl (C=O) groups excluding carboxylic acids is 3. The van der Waals surface area contributed by atoms with E-state index in [2.05, 4.69) is 25.9 Å². The molecule has 0 radical (unpaired) electrons. The minimum Gasteiger partial charge on any atom is -0.394 e. The van der Waals surface area contributed by atoms with Crippen LogP contribution >= 0.6 is 0 Å². The maximum Gasteiger partial charge on any atom is 0.243 e. The molecule has 14 nitrogen and oxygen atoms in total. The molecular weight excluding hydrogens is 632 g/mol. The SMILES string of the molecule is NC1CCC(C(=O)N[C@@H](Cc2ccccc2)C(=O)N[C@@H](Cc2cnc[nH]2)C(=O)N[C@@H](CC2CCCCC2)[C@@H](O)[C@@H](O)[C@H](O)[C@H](O)CO)CC1. The van der Waals surface area contributed by atoms with Crippen molar-refractivity contribution in [3.63, 3.8) is 0 Å². The lowest BCUT2D eigenvalue weighted by atomic mass is 9.82.